The van der Waals surface area contributed by atoms with Crippen molar-refractivity contribution in [3.05, 3.63) is 115 Å². The number of halogens is 1. The van der Waals surface area contributed by atoms with E-state index in [4.69, 9.17) is 4.42 Å². The van der Waals surface area contributed by atoms with Gasteiger partial charge in [-0.05, 0) is 85.9 Å². The van der Waals surface area contributed by atoms with E-state index in [2.05, 4.69) is 68.1 Å². The first-order valence-corrected chi connectivity index (χ1v) is 13.6. The summed E-state index contributed by atoms with van der Waals surface area (Å²) < 4.78 is 21.8. The number of likely N-dealkylation sites (tertiary alicyclic amines) is 1. The summed E-state index contributed by atoms with van der Waals surface area (Å²) in [5.74, 6) is 2.02. The van der Waals surface area contributed by atoms with Gasteiger partial charge in [-0.1, -0.05) is 24.3 Å². The average Bonchev–Trinajstić information content (AvgIpc) is 3.59. The molecule has 1 fully saturated rings. The van der Waals surface area contributed by atoms with Crippen molar-refractivity contribution < 1.29 is 8.81 Å². The smallest absolute Gasteiger partial charge is 0.159 e. The monoisotopic (exact) mass is 516 g/mol. The van der Waals surface area contributed by atoms with Crippen LogP contribution in [-0.4, -0.2) is 39.1 Å². The fourth-order valence-corrected chi connectivity index (χ4v) is 5.96. The van der Waals surface area contributed by atoms with Gasteiger partial charge in [-0.2, -0.15) is 0 Å². The van der Waals surface area contributed by atoms with Gasteiger partial charge in [0.25, 0.3) is 0 Å². The van der Waals surface area contributed by atoms with Gasteiger partial charge < -0.3 is 13.9 Å². The molecule has 0 N–H and O–H groups in total. The van der Waals surface area contributed by atoms with Gasteiger partial charge in [0.2, 0.25) is 0 Å². The number of hydrogen-bond acceptors (Lipinski definition) is 4. The molecule has 0 bridgehead atoms. The molecular formula is C33H29FN4O. The quantitative estimate of drug-likeness (QED) is 0.231. The zero-order valence-electron chi connectivity index (χ0n) is 21.6. The van der Waals surface area contributed by atoms with Crippen molar-refractivity contribution in [2.24, 2.45) is 0 Å². The molecule has 6 aromatic rings. The topological polar surface area (TPSA) is 47.1 Å². The zero-order chi connectivity index (χ0) is 26.2. The van der Waals surface area contributed by atoms with Crippen molar-refractivity contribution in [1.29, 1.82) is 0 Å². The molecule has 3 aromatic heterocycles. The van der Waals surface area contributed by atoms with E-state index in [1.807, 2.05) is 24.5 Å². The van der Waals surface area contributed by atoms with Crippen LogP contribution >= 0.6 is 0 Å². The van der Waals surface area contributed by atoms with E-state index >= 15 is 0 Å². The minimum Gasteiger partial charge on any atom is -0.468 e. The van der Waals surface area contributed by atoms with Crippen LogP contribution in [0.3, 0.4) is 0 Å². The van der Waals surface area contributed by atoms with E-state index < -0.39 is 0 Å². The highest BCUT2D eigenvalue weighted by molar-refractivity contribution is 5.89. The fraction of sp³-hybridized carbons (Fsp3) is 0.212. The molecule has 0 saturated carbocycles. The first-order valence-electron chi connectivity index (χ1n) is 13.6. The molecular weight excluding hydrogens is 487 g/mol. The minimum absolute atomic E-state index is 0.228. The largest absolute Gasteiger partial charge is 0.468 e. The summed E-state index contributed by atoms with van der Waals surface area (Å²) in [5, 5.41) is 3.60. The summed E-state index contributed by atoms with van der Waals surface area (Å²) in [6, 6.07) is 23.4. The maximum Gasteiger partial charge on any atom is 0.159 e. The number of furan rings is 1. The Morgan fingerprint density at radius 3 is 2.49 bits per heavy atom. The van der Waals surface area contributed by atoms with Crippen LogP contribution in [0.25, 0.3) is 38.8 Å². The molecule has 0 aliphatic carbocycles. The maximum absolute atomic E-state index is 13.7. The molecule has 0 unspecified atom stereocenters. The van der Waals surface area contributed by atoms with Gasteiger partial charge in [-0.3, -0.25) is 0 Å². The summed E-state index contributed by atoms with van der Waals surface area (Å²) >= 11 is 0. The van der Waals surface area contributed by atoms with E-state index in [9.17, 15) is 4.39 Å². The molecule has 1 saturated heterocycles. The van der Waals surface area contributed by atoms with E-state index in [1.54, 1.807) is 12.4 Å². The Hall–Kier alpha value is -4.29. The molecule has 1 aliphatic rings. The molecule has 39 heavy (non-hydrogen) atoms. The Balaban J connectivity index is 1.15. The molecule has 0 spiro atoms. The molecule has 0 atom stereocenters. The van der Waals surface area contributed by atoms with Crippen molar-refractivity contribution in [3.8, 4) is 17.1 Å². The molecule has 194 valence electrons. The van der Waals surface area contributed by atoms with E-state index in [-0.39, 0.29) is 5.82 Å². The van der Waals surface area contributed by atoms with Gasteiger partial charge >= 0.3 is 0 Å². The Bertz CT molecular complexity index is 1730. The third-order valence-electron chi connectivity index (χ3n) is 8.04. The van der Waals surface area contributed by atoms with Crippen molar-refractivity contribution in [2.75, 3.05) is 19.6 Å². The molecule has 4 heterocycles. The standard InChI is InChI=1S/C33H29FN4O/c34-26-7-9-27(10-8-26)38-21-30(29-20-24(6-11-31(29)38)33-35-15-3-16-36-33)23-12-17-37(18-13-23)19-14-32-28-5-2-1-4-25(28)22-39-32/h1-11,15-16,20-23H,12-14,17-19H2. The Labute approximate surface area is 226 Å². The highest BCUT2D eigenvalue weighted by atomic mass is 19.1. The van der Waals surface area contributed by atoms with Crippen LogP contribution in [0.5, 0.6) is 0 Å². The molecule has 5 nitrogen and oxygen atoms in total. The Kier molecular flexibility index (Phi) is 6.17. The molecule has 0 amide bonds. The zero-order valence-corrected chi connectivity index (χ0v) is 21.6. The Morgan fingerprint density at radius 1 is 0.872 bits per heavy atom. The number of hydrogen-bond donors (Lipinski definition) is 0. The SMILES string of the molecule is Fc1ccc(-n2cc(C3CCN(CCc4occ5ccccc45)CC3)c3cc(-c4ncccn4)ccc32)cc1. The number of fused-ring (bicyclic) bond motifs is 2. The summed E-state index contributed by atoms with van der Waals surface area (Å²) in [6.07, 6.45) is 10.8. The second-order valence-corrected chi connectivity index (χ2v) is 10.3. The summed E-state index contributed by atoms with van der Waals surface area (Å²) in [6.45, 7) is 3.10. The van der Waals surface area contributed by atoms with E-state index in [0.29, 0.717) is 5.92 Å². The lowest BCUT2D eigenvalue weighted by Crippen LogP contribution is -2.34. The second-order valence-electron chi connectivity index (χ2n) is 10.3. The predicted molar refractivity (Wildman–Crippen MR) is 153 cm³/mol. The highest BCUT2D eigenvalue weighted by Crippen LogP contribution is 2.37. The van der Waals surface area contributed by atoms with E-state index in [0.717, 1.165) is 67.2 Å². The van der Waals surface area contributed by atoms with Gasteiger partial charge in [0.05, 0.1) is 11.8 Å². The van der Waals surface area contributed by atoms with Crippen LogP contribution in [0.15, 0.2) is 102 Å². The van der Waals surface area contributed by atoms with Gasteiger partial charge in [-0.15, -0.1) is 0 Å². The summed E-state index contributed by atoms with van der Waals surface area (Å²) in [4.78, 5) is 11.5. The first kappa shape index (κ1) is 23.8. The number of benzene rings is 3. The minimum atomic E-state index is -0.228. The number of rotatable bonds is 6. The molecule has 3 aromatic carbocycles. The molecule has 6 heteroatoms. The predicted octanol–water partition coefficient (Wildman–Crippen LogP) is 7.39. The van der Waals surface area contributed by atoms with Crippen molar-refractivity contribution in [2.45, 2.75) is 25.2 Å². The summed E-state index contributed by atoms with van der Waals surface area (Å²) in [5.41, 5.74) is 4.41. The lowest BCUT2D eigenvalue weighted by Gasteiger charge is -2.31. The fourth-order valence-electron chi connectivity index (χ4n) is 5.96. The number of nitrogens with zero attached hydrogens (tertiary/aromatic N) is 4. The lowest BCUT2D eigenvalue weighted by atomic mass is 9.88. The van der Waals surface area contributed by atoms with Crippen LogP contribution in [0.4, 0.5) is 4.39 Å². The average molecular weight is 517 g/mol. The molecule has 0 radical (unpaired) electrons. The van der Waals surface area contributed by atoms with Crippen molar-refractivity contribution in [1.82, 2.24) is 19.4 Å². The second kappa shape index (κ2) is 10.1. The van der Waals surface area contributed by atoms with Crippen LogP contribution in [-0.2, 0) is 6.42 Å². The van der Waals surface area contributed by atoms with Crippen LogP contribution in [0.2, 0.25) is 0 Å². The number of aromatic nitrogens is 3. The van der Waals surface area contributed by atoms with Crippen molar-refractivity contribution in [3.63, 3.8) is 0 Å². The number of piperidine rings is 1. The van der Waals surface area contributed by atoms with Gasteiger partial charge in [0.1, 0.15) is 11.6 Å². The Morgan fingerprint density at radius 2 is 1.67 bits per heavy atom. The van der Waals surface area contributed by atoms with Crippen LogP contribution < -0.4 is 0 Å². The molecule has 7 rings (SSSR count). The van der Waals surface area contributed by atoms with Crippen LogP contribution in [0, 0.1) is 5.82 Å². The van der Waals surface area contributed by atoms with Gasteiger partial charge in [0.15, 0.2) is 5.82 Å². The van der Waals surface area contributed by atoms with Crippen molar-refractivity contribution >= 4 is 21.7 Å². The maximum atomic E-state index is 13.7. The third kappa shape index (κ3) is 4.61. The van der Waals surface area contributed by atoms with Gasteiger partial charge in [-0.25, -0.2) is 14.4 Å². The first-order chi connectivity index (χ1) is 19.2. The molecule has 1 aliphatic heterocycles. The summed E-state index contributed by atoms with van der Waals surface area (Å²) in [7, 11) is 0. The van der Waals surface area contributed by atoms with Gasteiger partial charge in [0, 0.05) is 59.0 Å². The normalized spacial score (nSPS) is 14.9. The highest BCUT2D eigenvalue weighted by Gasteiger charge is 2.25. The lowest BCUT2D eigenvalue weighted by molar-refractivity contribution is 0.211. The third-order valence-corrected chi connectivity index (χ3v) is 8.04. The van der Waals surface area contributed by atoms with E-state index in [1.165, 1.54) is 33.9 Å². The van der Waals surface area contributed by atoms with Crippen LogP contribution in [0.1, 0.15) is 30.1 Å².